The van der Waals surface area contributed by atoms with Crippen LogP contribution in [0.3, 0.4) is 0 Å². The van der Waals surface area contributed by atoms with Gasteiger partial charge in [-0.05, 0) is 5.56 Å². The first-order valence-electron chi connectivity index (χ1n) is 6.77. The smallest absolute Gasteiger partial charge is 0.130 e. The zero-order valence-corrected chi connectivity index (χ0v) is 12.2. The Morgan fingerprint density at radius 1 is 0.952 bits per heavy atom. The highest BCUT2D eigenvalue weighted by Gasteiger charge is 2.56. The molecule has 21 heavy (non-hydrogen) atoms. The minimum atomic E-state index is -2.26. The van der Waals surface area contributed by atoms with E-state index in [0.717, 1.165) is 0 Å². The summed E-state index contributed by atoms with van der Waals surface area (Å²) in [4.78, 5) is 0. The minimum Gasteiger partial charge on any atom is -0.394 e. The van der Waals surface area contributed by atoms with Gasteiger partial charge in [-0.25, -0.2) is 0 Å². The third kappa shape index (κ3) is 3.11. The van der Waals surface area contributed by atoms with Crippen LogP contribution >= 0.6 is 0 Å². The lowest BCUT2D eigenvalue weighted by molar-refractivity contribution is -0.218. The van der Waals surface area contributed by atoms with Gasteiger partial charge in [0.2, 0.25) is 0 Å². The molecule has 0 spiro atoms. The normalized spacial score (nSPS) is 19.6. The van der Waals surface area contributed by atoms with Crippen molar-refractivity contribution in [3.63, 3.8) is 0 Å². The summed E-state index contributed by atoms with van der Waals surface area (Å²) in [6.45, 7) is 1.57. The van der Waals surface area contributed by atoms with Crippen molar-refractivity contribution in [3.8, 4) is 0 Å². The van der Waals surface area contributed by atoms with E-state index in [4.69, 9.17) is 5.11 Å². The first-order chi connectivity index (χ1) is 9.73. The van der Waals surface area contributed by atoms with Crippen molar-refractivity contribution in [1.82, 2.24) is 0 Å². The van der Waals surface area contributed by atoms with Crippen LogP contribution in [0.15, 0.2) is 30.3 Å². The van der Waals surface area contributed by atoms with Crippen LogP contribution in [0.2, 0.25) is 0 Å². The molecule has 4 atom stereocenters. The van der Waals surface area contributed by atoms with Gasteiger partial charge in [0.15, 0.2) is 0 Å². The highest BCUT2D eigenvalue weighted by molar-refractivity contribution is 5.30. The molecule has 0 fully saturated rings. The zero-order chi connectivity index (χ0) is 16.3. The van der Waals surface area contributed by atoms with E-state index in [1.165, 1.54) is 0 Å². The molecule has 0 aromatic heterocycles. The Bertz CT molecular complexity index is 435. The van der Waals surface area contributed by atoms with Crippen molar-refractivity contribution in [2.24, 2.45) is 0 Å². The fraction of sp³-hybridized carbons (Fsp3) is 0.600. The standard InChI is InChI=1S/C15H24O6/c1-14(2,10-6-4-3-5-7-10)15(21,12(19)9-17)13(20)11(18)8-16/h3-7,11-13,16-21H,8-9H2,1-2H3. The molecule has 0 saturated heterocycles. The molecule has 0 aliphatic rings. The van der Waals surface area contributed by atoms with E-state index in [0.29, 0.717) is 5.56 Å². The molecular weight excluding hydrogens is 276 g/mol. The van der Waals surface area contributed by atoms with Gasteiger partial charge in [-0.1, -0.05) is 44.2 Å². The highest BCUT2D eigenvalue weighted by atomic mass is 16.4. The number of aliphatic hydroxyl groups is 6. The van der Waals surface area contributed by atoms with Gasteiger partial charge in [-0.2, -0.15) is 0 Å². The average Bonchev–Trinajstić information content (AvgIpc) is 2.52. The summed E-state index contributed by atoms with van der Waals surface area (Å²) in [6, 6.07) is 8.65. The van der Waals surface area contributed by atoms with E-state index in [-0.39, 0.29) is 0 Å². The van der Waals surface area contributed by atoms with Gasteiger partial charge in [0.05, 0.1) is 13.2 Å². The van der Waals surface area contributed by atoms with Crippen LogP contribution in [-0.2, 0) is 5.41 Å². The molecule has 1 aromatic rings. The molecule has 0 radical (unpaired) electrons. The predicted octanol–water partition coefficient (Wildman–Crippen LogP) is -1.24. The molecule has 0 amide bonds. The van der Waals surface area contributed by atoms with Gasteiger partial charge in [0.25, 0.3) is 0 Å². The number of hydrogen-bond donors (Lipinski definition) is 6. The lowest BCUT2D eigenvalue weighted by Crippen LogP contribution is -2.67. The summed E-state index contributed by atoms with van der Waals surface area (Å²) in [6.07, 6.45) is -5.21. The Hall–Kier alpha value is -1.02. The van der Waals surface area contributed by atoms with Crippen LogP contribution < -0.4 is 0 Å². The first kappa shape index (κ1) is 18.0. The molecule has 4 unspecified atom stereocenters. The van der Waals surface area contributed by atoms with Crippen LogP contribution in [0.4, 0.5) is 0 Å². The molecule has 6 heteroatoms. The first-order valence-corrected chi connectivity index (χ1v) is 6.77. The van der Waals surface area contributed by atoms with Crippen LogP contribution in [0.25, 0.3) is 0 Å². The van der Waals surface area contributed by atoms with Crippen LogP contribution in [-0.4, -0.2) is 67.8 Å². The third-order valence-corrected chi connectivity index (χ3v) is 4.18. The molecule has 1 aromatic carbocycles. The van der Waals surface area contributed by atoms with Crippen LogP contribution in [0, 0.1) is 0 Å². The third-order valence-electron chi connectivity index (χ3n) is 4.18. The van der Waals surface area contributed by atoms with Crippen LogP contribution in [0.1, 0.15) is 19.4 Å². The Kier molecular flexibility index (Phi) is 5.86. The number of benzene rings is 1. The van der Waals surface area contributed by atoms with Gasteiger partial charge < -0.3 is 30.6 Å². The second kappa shape index (κ2) is 6.83. The maximum Gasteiger partial charge on any atom is 0.130 e. The van der Waals surface area contributed by atoms with Crippen LogP contribution in [0.5, 0.6) is 0 Å². The summed E-state index contributed by atoms with van der Waals surface area (Å²) in [5, 5.41) is 59.0. The molecule has 0 aliphatic carbocycles. The van der Waals surface area contributed by atoms with E-state index in [9.17, 15) is 25.5 Å². The summed E-state index contributed by atoms with van der Waals surface area (Å²) >= 11 is 0. The van der Waals surface area contributed by atoms with E-state index in [1.807, 2.05) is 0 Å². The van der Waals surface area contributed by atoms with Crippen molar-refractivity contribution >= 4 is 0 Å². The van der Waals surface area contributed by atoms with Gasteiger partial charge >= 0.3 is 0 Å². The Labute approximate surface area is 123 Å². The molecule has 1 rings (SSSR count). The van der Waals surface area contributed by atoms with Crippen molar-refractivity contribution < 1.29 is 30.6 Å². The number of rotatable bonds is 7. The maximum atomic E-state index is 10.9. The minimum absolute atomic E-state index is 0.601. The molecule has 120 valence electrons. The van der Waals surface area contributed by atoms with Gasteiger partial charge in [-0.3, -0.25) is 0 Å². The Morgan fingerprint density at radius 3 is 1.90 bits per heavy atom. The van der Waals surface area contributed by atoms with E-state index >= 15 is 0 Å². The fourth-order valence-corrected chi connectivity index (χ4v) is 2.60. The van der Waals surface area contributed by atoms with E-state index in [1.54, 1.807) is 44.2 Å². The van der Waals surface area contributed by atoms with E-state index < -0.39 is 42.5 Å². The summed E-state index contributed by atoms with van der Waals surface area (Å²) < 4.78 is 0. The topological polar surface area (TPSA) is 121 Å². The number of aliphatic hydroxyl groups excluding tert-OH is 5. The second-order valence-corrected chi connectivity index (χ2v) is 5.71. The molecule has 0 bridgehead atoms. The number of hydrogen-bond acceptors (Lipinski definition) is 6. The lowest BCUT2D eigenvalue weighted by atomic mass is 9.64. The maximum absolute atomic E-state index is 10.9. The highest BCUT2D eigenvalue weighted by Crippen LogP contribution is 2.40. The Balaban J connectivity index is 3.36. The van der Waals surface area contributed by atoms with Gasteiger partial charge in [-0.15, -0.1) is 0 Å². The largest absolute Gasteiger partial charge is 0.394 e. The lowest BCUT2D eigenvalue weighted by Gasteiger charge is -2.49. The molecule has 0 heterocycles. The van der Waals surface area contributed by atoms with Crippen molar-refractivity contribution in [2.45, 2.75) is 43.2 Å². The summed E-state index contributed by atoms with van der Waals surface area (Å²) in [5.74, 6) is 0. The fourth-order valence-electron chi connectivity index (χ4n) is 2.60. The van der Waals surface area contributed by atoms with Crippen molar-refractivity contribution in [1.29, 1.82) is 0 Å². The summed E-state index contributed by atoms with van der Waals surface area (Å²) in [7, 11) is 0. The van der Waals surface area contributed by atoms with Gasteiger partial charge in [0.1, 0.15) is 23.9 Å². The summed E-state index contributed by atoms with van der Waals surface area (Å²) in [5.41, 5.74) is -2.86. The second-order valence-electron chi connectivity index (χ2n) is 5.71. The molecule has 0 aliphatic heterocycles. The average molecular weight is 300 g/mol. The molecule has 0 saturated carbocycles. The van der Waals surface area contributed by atoms with E-state index in [2.05, 4.69) is 0 Å². The van der Waals surface area contributed by atoms with Gasteiger partial charge in [0, 0.05) is 5.41 Å². The molecule has 6 N–H and O–H groups in total. The van der Waals surface area contributed by atoms with Crippen molar-refractivity contribution in [2.75, 3.05) is 13.2 Å². The quantitative estimate of drug-likeness (QED) is 0.375. The monoisotopic (exact) mass is 300 g/mol. The molecule has 6 nitrogen and oxygen atoms in total. The molecular formula is C15H24O6. The SMILES string of the molecule is CC(C)(c1ccccc1)C(O)(C(O)CO)C(O)C(O)CO. The zero-order valence-electron chi connectivity index (χ0n) is 12.2. The Morgan fingerprint density at radius 2 is 1.48 bits per heavy atom. The predicted molar refractivity (Wildman–Crippen MR) is 76.6 cm³/mol. The van der Waals surface area contributed by atoms with Crippen molar-refractivity contribution in [3.05, 3.63) is 35.9 Å².